The van der Waals surface area contributed by atoms with Crippen molar-refractivity contribution in [2.75, 3.05) is 33.3 Å². The first-order valence-electron chi connectivity index (χ1n) is 5.25. The van der Waals surface area contributed by atoms with E-state index in [1.165, 1.54) is 0 Å². The summed E-state index contributed by atoms with van der Waals surface area (Å²) in [7, 11) is 4.77. The second kappa shape index (κ2) is 7.27. The van der Waals surface area contributed by atoms with Gasteiger partial charge in [0.2, 0.25) is 0 Å². The summed E-state index contributed by atoms with van der Waals surface area (Å²) in [4.78, 5) is 0. The Balaban J connectivity index is 2.93. The fraction of sp³-hybridized carbons (Fsp3) is 0.500. The van der Waals surface area contributed by atoms with Gasteiger partial charge >= 0.3 is 0 Å². The van der Waals surface area contributed by atoms with Crippen molar-refractivity contribution >= 4 is 15.9 Å². The van der Waals surface area contributed by atoms with E-state index in [9.17, 15) is 0 Å². The molecule has 0 saturated carbocycles. The third kappa shape index (κ3) is 3.70. The number of hydrogen-bond acceptors (Lipinski definition) is 4. The van der Waals surface area contributed by atoms with E-state index in [1.54, 1.807) is 33.5 Å². The maximum absolute atomic E-state index is 5.62. The van der Waals surface area contributed by atoms with Gasteiger partial charge in [-0.2, -0.15) is 0 Å². The van der Waals surface area contributed by atoms with Crippen LogP contribution in [0.1, 0.15) is 6.42 Å². The van der Waals surface area contributed by atoms with Crippen molar-refractivity contribution in [3.05, 3.63) is 12.1 Å². The SMILES string of the molecule is COc1cc(OC)c(OCCCBr)cc1OC. The molecule has 1 aromatic rings. The molecule has 0 fully saturated rings. The molecule has 5 heteroatoms. The monoisotopic (exact) mass is 304 g/mol. The van der Waals surface area contributed by atoms with Crippen LogP contribution in [-0.4, -0.2) is 33.3 Å². The van der Waals surface area contributed by atoms with E-state index < -0.39 is 0 Å². The zero-order valence-corrected chi connectivity index (χ0v) is 11.9. The van der Waals surface area contributed by atoms with Crippen molar-refractivity contribution in [3.63, 3.8) is 0 Å². The summed E-state index contributed by atoms with van der Waals surface area (Å²) in [5.41, 5.74) is 0. The Morgan fingerprint density at radius 3 is 1.82 bits per heavy atom. The summed E-state index contributed by atoms with van der Waals surface area (Å²) in [5.74, 6) is 2.54. The van der Waals surface area contributed by atoms with Gasteiger partial charge in [0.1, 0.15) is 0 Å². The highest BCUT2D eigenvalue weighted by Gasteiger charge is 2.12. The Morgan fingerprint density at radius 2 is 1.35 bits per heavy atom. The van der Waals surface area contributed by atoms with Crippen molar-refractivity contribution in [2.45, 2.75) is 6.42 Å². The number of benzene rings is 1. The molecule has 0 aliphatic carbocycles. The summed E-state index contributed by atoms with van der Waals surface area (Å²) < 4.78 is 21.3. The van der Waals surface area contributed by atoms with Crippen LogP contribution in [0.4, 0.5) is 0 Å². The predicted molar refractivity (Wildman–Crippen MR) is 70.0 cm³/mol. The Hall–Kier alpha value is -1.10. The van der Waals surface area contributed by atoms with Crippen LogP contribution >= 0.6 is 15.9 Å². The van der Waals surface area contributed by atoms with Gasteiger partial charge in [-0.3, -0.25) is 0 Å². The first-order chi connectivity index (χ1) is 8.26. The molecular formula is C12H17BrO4. The first-order valence-corrected chi connectivity index (χ1v) is 6.37. The highest BCUT2D eigenvalue weighted by Crippen LogP contribution is 2.39. The quantitative estimate of drug-likeness (QED) is 0.573. The molecule has 0 amide bonds. The molecule has 0 unspecified atom stereocenters. The topological polar surface area (TPSA) is 36.9 Å². The molecule has 1 rings (SSSR count). The van der Waals surface area contributed by atoms with Crippen LogP contribution in [0.2, 0.25) is 0 Å². The van der Waals surface area contributed by atoms with E-state index in [1.807, 2.05) is 0 Å². The summed E-state index contributed by atoms with van der Waals surface area (Å²) in [6.07, 6.45) is 0.928. The van der Waals surface area contributed by atoms with Gasteiger partial charge in [-0.15, -0.1) is 0 Å². The van der Waals surface area contributed by atoms with E-state index in [0.717, 1.165) is 11.8 Å². The van der Waals surface area contributed by atoms with Gasteiger partial charge in [-0.25, -0.2) is 0 Å². The van der Waals surface area contributed by atoms with Gasteiger partial charge in [0, 0.05) is 17.5 Å². The van der Waals surface area contributed by atoms with Gasteiger partial charge in [-0.05, 0) is 6.42 Å². The molecule has 0 atom stereocenters. The van der Waals surface area contributed by atoms with Gasteiger partial charge < -0.3 is 18.9 Å². The van der Waals surface area contributed by atoms with Crippen LogP contribution < -0.4 is 18.9 Å². The summed E-state index contributed by atoms with van der Waals surface area (Å²) in [5, 5.41) is 0.905. The van der Waals surface area contributed by atoms with Crippen LogP contribution in [0.15, 0.2) is 12.1 Å². The fourth-order valence-electron chi connectivity index (χ4n) is 1.35. The number of hydrogen-bond donors (Lipinski definition) is 0. The van der Waals surface area contributed by atoms with Gasteiger partial charge in [0.15, 0.2) is 23.0 Å². The first kappa shape index (κ1) is 14.0. The molecule has 0 aliphatic rings. The lowest BCUT2D eigenvalue weighted by Crippen LogP contribution is -2.01. The number of halogens is 1. The molecule has 0 heterocycles. The van der Waals surface area contributed by atoms with Crippen molar-refractivity contribution in [1.29, 1.82) is 0 Å². The van der Waals surface area contributed by atoms with Crippen LogP contribution in [0.25, 0.3) is 0 Å². The Kier molecular flexibility index (Phi) is 5.97. The average Bonchev–Trinajstić information content (AvgIpc) is 2.38. The van der Waals surface area contributed by atoms with Crippen molar-refractivity contribution in [1.82, 2.24) is 0 Å². The average molecular weight is 305 g/mol. The normalized spacial score (nSPS) is 9.88. The molecule has 0 radical (unpaired) electrons. The zero-order valence-electron chi connectivity index (χ0n) is 10.3. The molecule has 0 saturated heterocycles. The van der Waals surface area contributed by atoms with Crippen molar-refractivity contribution in [2.24, 2.45) is 0 Å². The van der Waals surface area contributed by atoms with E-state index in [2.05, 4.69) is 15.9 Å². The van der Waals surface area contributed by atoms with Crippen molar-refractivity contribution < 1.29 is 18.9 Å². The predicted octanol–water partition coefficient (Wildman–Crippen LogP) is 2.88. The van der Waals surface area contributed by atoms with Crippen LogP contribution in [0.5, 0.6) is 23.0 Å². The van der Waals surface area contributed by atoms with Gasteiger partial charge in [0.25, 0.3) is 0 Å². The standard InChI is InChI=1S/C12H17BrO4/c1-14-9-7-11(16-3)12(8-10(9)15-2)17-6-4-5-13/h7-8H,4-6H2,1-3H3. The molecule has 0 bridgehead atoms. The third-order valence-electron chi connectivity index (χ3n) is 2.21. The summed E-state index contributed by atoms with van der Waals surface area (Å²) >= 11 is 3.35. The molecule has 0 aliphatic heterocycles. The molecule has 1 aromatic carbocycles. The number of methoxy groups -OCH3 is 3. The molecule has 0 N–H and O–H groups in total. The smallest absolute Gasteiger partial charge is 0.165 e. The van der Waals surface area contributed by atoms with Crippen LogP contribution in [0, 0.1) is 0 Å². The van der Waals surface area contributed by atoms with Crippen LogP contribution in [-0.2, 0) is 0 Å². The highest BCUT2D eigenvalue weighted by atomic mass is 79.9. The molecule has 4 nitrogen and oxygen atoms in total. The molecule has 0 spiro atoms. The number of alkyl halides is 1. The van der Waals surface area contributed by atoms with Crippen molar-refractivity contribution in [3.8, 4) is 23.0 Å². The zero-order chi connectivity index (χ0) is 12.7. The summed E-state index contributed by atoms with van der Waals surface area (Å²) in [6, 6.07) is 3.52. The lowest BCUT2D eigenvalue weighted by molar-refractivity contribution is 0.288. The maximum Gasteiger partial charge on any atom is 0.165 e. The van der Waals surface area contributed by atoms with E-state index in [-0.39, 0.29) is 0 Å². The van der Waals surface area contributed by atoms with Gasteiger partial charge in [0.05, 0.1) is 27.9 Å². The van der Waals surface area contributed by atoms with Gasteiger partial charge in [-0.1, -0.05) is 15.9 Å². The lowest BCUT2D eigenvalue weighted by atomic mass is 10.2. The van der Waals surface area contributed by atoms with E-state index >= 15 is 0 Å². The number of rotatable bonds is 7. The molecule has 96 valence electrons. The maximum atomic E-state index is 5.62. The Bertz CT molecular complexity index is 355. The van der Waals surface area contributed by atoms with Crippen LogP contribution in [0.3, 0.4) is 0 Å². The Labute approximate surface area is 110 Å². The minimum atomic E-state index is 0.622. The largest absolute Gasteiger partial charge is 0.493 e. The second-order valence-corrected chi connectivity index (χ2v) is 4.04. The van der Waals surface area contributed by atoms with E-state index in [4.69, 9.17) is 18.9 Å². The summed E-state index contributed by atoms with van der Waals surface area (Å²) in [6.45, 7) is 0.622. The van der Waals surface area contributed by atoms with E-state index in [0.29, 0.717) is 29.6 Å². The third-order valence-corrected chi connectivity index (χ3v) is 2.77. The number of ether oxygens (including phenoxy) is 4. The molecule has 0 aromatic heterocycles. The second-order valence-electron chi connectivity index (χ2n) is 3.25. The molecule has 17 heavy (non-hydrogen) atoms. The highest BCUT2D eigenvalue weighted by molar-refractivity contribution is 9.09. The minimum absolute atomic E-state index is 0.622. The Morgan fingerprint density at radius 1 is 0.882 bits per heavy atom. The lowest BCUT2D eigenvalue weighted by Gasteiger charge is -2.14. The fourth-order valence-corrected chi connectivity index (χ4v) is 1.58. The minimum Gasteiger partial charge on any atom is -0.493 e. The molecular weight excluding hydrogens is 288 g/mol.